The summed E-state index contributed by atoms with van der Waals surface area (Å²) in [7, 11) is 0. The van der Waals surface area contributed by atoms with Crippen molar-refractivity contribution >= 4 is 40.3 Å². The molecule has 0 aliphatic heterocycles. The van der Waals surface area contributed by atoms with E-state index in [2.05, 4.69) is 22.6 Å². The molecule has 0 bridgehead atoms. The van der Waals surface area contributed by atoms with E-state index in [-0.39, 0.29) is 6.54 Å². The van der Waals surface area contributed by atoms with Crippen LogP contribution in [-0.2, 0) is 6.42 Å². The molecular formula is C17H17ClINO3. The van der Waals surface area contributed by atoms with E-state index in [0.29, 0.717) is 23.6 Å². The lowest BCUT2D eigenvalue weighted by Gasteiger charge is -2.23. The van der Waals surface area contributed by atoms with Gasteiger partial charge in [-0.15, -0.1) is 0 Å². The van der Waals surface area contributed by atoms with Gasteiger partial charge in [0, 0.05) is 15.1 Å². The second kappa shape index (κ2) is 8.52. The molecule has 0 saturated heterocycles. The standard InChI is InChI=1S/C17H17ClINO3/c18-14-3-1-2-13(10-14)16(21)11-20(17(22)23)9-8-12-4-6-15(19)7-5-12/h1-7,10,16,21H,8-9,11H2,(H,22,23)/t16-/m0/s1. The first-order valence-electron chi connectivity index (χ1n) is 7.11. The largest absolute Gasteiger partial charge is 0.465 e. The average Bonchev–Trinajstić information content (AvgIpc) is 2.52. The summed E-state index contributed by atoms with van der Waals surface area (Å²) in [5.74, 6) is 0. The summed E-state index contributed by atoms with van der Waals surface area (Å²) in [6, 6.07) is 14.8. The molecular weight excluding hydrogens is 429 g/mol. The molecule has 23 heavy (non-hydrogen) atoms. The van der Waals surface area contributed by atoms with Crippen molar-refractivity contribution < 1.29 is 15.0 Å². The molecule has 0 unspecified atom stereocenters. The van der Waals surface area contributed by atoms with Crippen molar-refractivity contribution in [1.82, 2.24) is 4.90 Å². The number of benzene rings is 2. The maximum atomic E-state index is 11.4. The summed E-state index contributed by atoms with van der Waals surface area (Å²) in [6.07, 6.45) is -1.34. The second-order valence-electron chi connectivity index (χ2n) is 5.18. The Balaban J connectivity index is 1.98. The fourth-order valence-corrected chi connectivity index (χ4v) is 2.77. The molecule has 4 nitrogen and oxygen atoms in total. The molecule has 2 aromatic carbocycles. The SMILES string of the molecule is O=C(O)N(CCc1ccc(I)cc1)C[C@H](O)c1cccc(Cl)c1. The molecule has 0 aliphatic carbocycles. The van der Waals surface area contributed by atoms with Crippen molar-refractivity contribution in [3.63, 3.8) is 0 Å². The zero-order chi connectivity index (χ0) is 16.8. The lowest BCUT2D eigenvalue weighted by Crippen LogP contribution is -2.35. The van der Waals surface area contributed by atoms with Gasteiger partial charge in [-0.3, -0.25) is 0 Å². The quantitative estimate of drug-likeness (QED) is 0.655. The lowest BCUT2D eigenvalue weighted by atomic mass is 10.1. The summed E-state index contributed by atoms with van der Waals surface area (Å²) in [6.45, 7) is 0.341. The predicted molar refractivity (Wildman–Crippen MR) is 98.9 cm³/mol. The smallest absolute Gasteiger partial charge is 0.407 e. The third kappa shape index (κ3) is 5.67. The number of nitrogens with zero attached hydrogens (tertiary/aromatic N) is 1. The molecule has 2 aromatic rings. The number of carboxylic acid groups (broad SMARTS) is 1. The number of hydrogen-bond donors (Lipinski definition) is 2. The van der Waals surface area contributed by atoms with Gasteiger partial charge in [0.2, 0.25) is 0 Å². The number of aliphatic hydroxyl groups excluding tert-OH is 1. The van der Waals surface area contributed by atoms with Gasteiger partial charge in [0.15, 0.2) is 0 Å². The third-order valence-electron chi connectivity index (χ3n) is 3.48. The average molecular weight is 446 g/mol. The third-order valence-corrected chi connectivity index (χ3v) is 4.44. The summed E-state index contributed by atoms with van der Waals surface area (Å²) in [4.78, 5) is 12.6. The molecule has 1 amide bonds. The predicted octanol–water partition coefficient (Wildman–Crippen LogP) is 4.20. The number of carbonyl (C=O) groups is 1. The van der Waals surface area contributed by atoms with Crippen LogP contribution in [-0.4, -0.2) is 34.3 Å². The van der Waals surface area contributed by atoms with Crippen LogP contribution in [0, 0.1) is 3.57 Å². The first-order chi connectivity index (χ1) is 11.0. The van der Waals surface area contributed by atoms with Gasteiger partial charge >= 0.3 is 6.09 Å². The van der Waals surface area contributed by atoms with Crippen molar-refractivity contribution in [2.24, 2.45) is 0 Å². The van der Waals surface area contributed by atoms with E-state index in [4.69, 9.17) is 11.6 Å². The molecule has 0 fully saturated rings. The van der Waals surface area contributed by atoms with Gasteiger partial charge in [0.1, 0.15) is 0 Å². The molecule has 0 aromatic heterocycles. The van der Waals surface area contributed by atoms with Gasteiger partial charge in [0.25, 0.3) is 0 Å². The Morgan fingerprint density at radius 1 is 1.22 bits per heavy atom. The molecule has 0 aliphatic rings. The van der Waals surface area contributed by atoms with Crippen LogP contribution in [0.15, 0.2) is 48.5 Å². The van der Waals surface area contributed by atoms with Crippen molar-refractivity contribution in [3.8, 4) is 0 Å². The molecule has 0 radical (unpaired) electrons. The van der Waals surface area contributed by atoms with Gasteiger partial charge in [-0.1, -0.05) is 35.9 Å². The summed E-state index contributed by atoms with van der Waals surface area (Å²) in [5, 5.41) is 20.1. The highest BCUT2D eigenvalue weighted by atomic mass is 127. The first-order valence-corrected chi connectivity index (χ1v) is 8.57. The highest BCUT2D eigenvalue weighted by molar-refractivity contribution is 14.1. The van der Waals surface area contributed by atoms with E-state index in [0.717, 1.165) is 9.13 Å². The van der Waals surface area contributed by atoms with E-state index in [1.807, 2.05) is 24.3 Å². The molecule has 2 rings (SSSR count). The van der Waals surface area contributed by atoms with Crippen LogP contribution in [0.3, 0.4) is 0 Å². The maximum absolute atomic E-state index is 11.4. The van der Waals surface area contributed by atoms with Gasteiger partial charge in [-0.25, -0.2) is 4.79 Å². The Bertz CT molecular complexity index is 663. The van der Waals surface area contributed by atoms with E-state index in [9.17, 15) is 15.0 Å². The van der Waals surface area contributed by atoms with Crippen LogP contribution in [0.4, 0.5) is 4.79 Å². The summed E-state index contributed by atoms with van der Waals surface area (Å²) < 4.78 is 1.14. The summed E-state index contributed by atoms with van der Waals surface area (Å²) in [5.41, 5.74) is 1.67. The molecule has 2 N–H and O–H groups in total. The van der Waals surface area contributed by atoms with Gasteiger partial charge in [-0.2, -0.15) is 0 Å². The fourth-order valence-electron chi connectivity index (χ4n) is 2.21. The monoisotopic (exact) mass is 445 g/mol. The number of aliphatic hydroxyl groups is 1. The van der Waals surface area contributed by atoms with Gasteiger partial charge in [0.05, 0.1) is 12.6 Å². The lowest BCUT2D eigenvalue weighted by molar-refractivity contribution is 0.0973. The van der Waals surface area contributed by atoms with Crippen molar-refractivity contribution in [3.05, 3.63) is 68.3 Å². The number of amides is 1. The Morgan fingerprint density at radius 3 is 2.52 bits per heavy atom. The van der Waals surface area contributed by atoms with Crippen LogP contribution < -0.4 is 0 Å². The normalized spacial score (nSPS) is 12.0. The van der Waals surface area contributed by atoms with E-state index in [1.54, 1.807) is 24.3 Å². The Hall–Kier alpha value is -1.31. The van der Waals surface area contributed by atoms with Gasteiger partial charge in [-0.05, 0) is 64.4 Å². The van der Waals surface area contributed by atoms with Crippen LogP contribution >= 0.6 is 34.2 Å². The second-order valence-corrected chi connectivity index (χ2v) is 6.86. The number of hydrogen-bond acceptors (Lipinski definition) is 2. The van der Waals surface area contributed by atoms with E-state index in [1.165, 1.54) is 4.90 Å². The Morgan fingerprint density at radius 2 is 1.91 bits per heavy atom. The van der Waals surface area contributed by atoms with Crippen LogP contribution in [0.1, 0.15) is 17.2 Å². The van der Waals surface area contributed by atoms with Crippen LogP contribution in [0.5, 0.6) is 0 Å². The van der Waals surface area contributed by atoms with E-state index >= 15 is 0 Å². The highest BCUT2D eigenvalue weighted by Crippen LogP contribution is 2.19. The maximum Gasteiger partial charge on any atom is 0.407 e. The molecule has 1 atom stereocenters. The first kappa shape index (κ1) is 18.0. The van der Waals surface area contributed by atoms with Crippen molar-refractivity contribution in [2.45, 2.75) is 12.5 Å². The van der Waals surface area contributed by atoms with Crippen LogP contribution in [0.2, 0.25) is 5.02 Å². The topological polar surface area (TPSA) is 60.8 Å². The highest BCUT2D eigenvalue weighted by Gasteiger charge is 2.18. The number of rotatable bonds is 6. The van der Waals surface area contributed by atoms with Crippen molar-refractivity contribution in [1.29, 1.82) is 0 Å². The van der Waals surface area contributed by atoms with Crippen LogP contribution in [0.25, 0.3) is 0 Å². The molecule has 6 heteroatoms. The molecule has 0 spiro atoms. The summed E-state index contributed by atoms with van der Waals surface area (Å²) >= 11 is 8.13. The minimum Gasteiger partial charge on any atom is -0.465 e. The zero-order valence-electron chi connectivity index (χ0n) is 12.3. The van der Waals surface area contributed by atoms with Crippen molar-refractivity contribution in [2.75, 3.05) is 13.1 Å². The molecule has 122 valence electrons. The molecule has 0 heterocycles. The minimum atomic E-state index is -1.04. The zero-order valence-corrected chi connectivity index (χ0v) is 15.2. The van der Waals surface area contributed by atoms with Gasteiger partial charge < -0.3 is 15.1 Å². The minimum absolute atomic E-state index is 0.0139. The Kier molecular flexibility index (Phi) is 6.68. The number of halogens is 2. The molecule has 0 saturated carbocycles. The Labute approximate surface area is 153 Å². The van der Waals surface area contributed by atoms with E-state index < -0.39 is 12.2 Å². The fraction of sp³-hybridized carbons (Fsp3) is 0.235.